The number of hydrogen-bond acceptors (Lipinski definition) is 4. The minimum atomic E-state index is -1.54. The molecule has 1 aromatic carbocycles. The van der Waals surface area contributed by atoms with E-state index in [1.807, 2.05) is 10.6 Å². The van der Waals surface area contributed by atoms with Gasteiger partial charge in [-0.3, -0.25) is 4.79 Å². The summed E-state index contributed by atoms with van der Waals surface area (Å²) in [5, 5.41) is 12.8. The molecule has 0 radical (unpaired) electrons. The Hall–Kier alpha value is -2.71. The van der Waals surface area contributed by atoms with Crippen molar-refractivity contribution >= 4 is 23.7 Å². The molecule has 0 spiro atoms. The zero-order chi connectivity index (χ0) is 16.0. The van der Waals surface area contributed by atoms with E-state index >= 15 is 0 Å². The van der Waals surface area contributed by atoms with Gasteiger partial charge in [0.1, 0.15) is 17.7 Å². The Bertz CT molecular complexity index is 565. The van der Waals surface area contributed by atoms with Gasteiger partial charge in [0.05, 0.1) is 19.2 Å². The number of carboxylic acids is 1. The Balaban J connectivity index is 2.69. The maximum Gasteiger partial charge on any atom is 0.326 e. The molecule has 1 rings (SSSR count). The smallest absolute Gasteiger partial charge is 0.326 e. The summed E-state index contributed by atoms with van der Waals surface area (Å²) in [5.74, 6) is -4.15. The highest BCUT2D eigenvalue weighted by Gasteiger charge is 2.24. The van der Waals surface area contributed by atoms with Crippen molar-refractivity contribution < 1.29 is 33.0 Å². The van der Waals surface area contributed by atoms with Crippen LogP contribution in [0.2, 0.25) is 0 Å². The number of esters is 1. The van der Waals surface area contributed by atoms with Gasteiger partial charge in [-0.15, -0.1) is 0 Å². The van der Waals surface area contributed by atoms with Crippen molar-refractivity contribution in [2.24, 2.45) is 0 Å². The lowest BCUT2D eigenvalue weighted by molar-refractivity contribution is -0.147. The third-order valence-corrected chi connectivity index (χ3v) is 2.38. The molecule has 0 saturated carbocycles. The number of carbonyl (C=O) groups is 3. The SMILES string of the molecule is COC(=O)C[C@H](NC(=O)Nc1ccc(F)cc1F)C(=O)O. The van der Waals surface area contributed by atoms with Crippen LogP contribution >= 0.6 is 0 Å². The number of nitrogens with one attached hydrogen (secondary N) is 2. The van der Waals surface area contributed by atoms with Crippen LogP contribution in [0, 0.1) is 11.6 Å². The number of anilines is 1. The van der Waals surface area contributed by atoms with E-state index in [2.05, 4.69) is 4.74 Å². The molecule has 0 saturated heterocycles. The molecule has 3 N–H and O–H groups in total. The Morgan fingerprint density at radius 2 is 2.00 bits per heavy atom. The molecule has 1 aromatic rings. The van der Waals surface area contributed by atoms with Crippen molar-refractivity contribution in [2.45, 2.75) is 12.5 Å². The zero-order valence-corrected chi connectivity index (χ0v) is 10.9. The summed E-state index contributed by atoms with van der Waals surface area (Å²) >= 11 is 0. The summed E-state index contributed by atoms with van der Waals surface area (Å²) < 4.78 is 30.3. The second kappa shape index (κ2) is 7.17. The van der Waals surface area contributed by atoms with Crippen molar-refractivity contribution in [3.63, 3.8) is 0 Å². The number of benzene rings is 1. The summed E-state index contributed by atoms with van der Waals surface area (Å²) in [5.41, 5.74) is -0.337. The number of carboxylic acid groups (broad SMARTS) is 1. The van der Waals surface area contributed by atoms with E-state index in [1.54, 1.807) is 0 Å². The molecule has 0 bridgehead atoms. The normalized spacial score (nSPS) is 11.4. The average Bonchev–Trinajstić information content (AvgIpc) is 2.40. The van der Waals surface area contributed by atoms with Crippen LogP contribution in [0.4, 0.5) is 19.3 Å². The lowest BCUT2D eigenvalue weighted by atomic mass is 10.2. The number of amides is 2. The Morgan fingerprint density at radius 1 is 1.33 bits per heavy atom. The van der Waals surface area contributed by atoms with Crippen LogP contribution in [0.15, 0.2) is 18.2 Å². The van der Waals surface area contributed by atoms with Crippen molar-refractivity contribution in [1.82, 2.24) is 5.32 Å². The first-order valence-electron chi connectivity index (χ1n) is 5.65. The van der Waals surface area contributed by atoms with Gasteiger partial charge in [-0.05, 0) is 12.1 Å². The minimum absolute atomic E-state index is 0.337. The fraction of sp³-hybridized carbons (Fsp3) is 0.250. The van der Waals surface area contributed by atoms with Crippen LogP contribution in [0.3, 0.4) is 0 Å². The number of hydrogen-bond donors (Lipinski definition) is 3. The van der Waals surface area contributed by atoms with Crippen molar-refractivity contribution in [2.75, 3.05) is 12.4 Å². The number of carbonyl (C=O) groups excluding carboxylic acids is 2. The molecule has 2 amide bonds. The van der Waals surface area contributed by atoms with Gasteiger partial charge in [-0.25, -0.2) is 18.4 Å². The van der Waals surface area contributed by atoms with E-state index in [-0.39, 0.29) is 5.69 Å². The molecule has 0 aromatic heterocycles. The van der Waals surface area contributed by atoms with Crippen LogP contribution < -0.4 is 10.6 Å². The standard InChI is InChI=1S/C12H12F2N2O5/c1-21-10(17)5-9(11(18)19)16-12(20)15-8-3-2-6(13)4-7(8)14/h2-4,9H,5H2,1H3,(H,18,19)(H2,15,16,20)/t9-/m0/s1. The highest BCUT2D eigenvalue weighted by molar-refractivity contribution is 5.93. The molecule has 1 atom stereocenters. The van der Waals surface area contributed by atoms with Gasteiger partial charge < -0.3 is 20.5 Å². The summed E-state index contributed by atoms with van der Waals surface area (Å²) in [6.07, 6.45) is -0.592. The predicted molar refractivity (Wildman–Crippen MR) is 66.6 cm³/mol. The average molecular weight is 302 g/mol. The number of methoxy groups -OCH3 is 1. The Morgan fingerprint density at radius 3 is 2.52 bits per heavy atom. The highest BCUT2D eigenvalue weighted by atomic mass is 19.1. The summed E-state index contributed by atoms with van der Waals surface area (Å²) in [6.45, 7) is 0. The topological polar surface area (TPSA) is 105 Å². The number of urea groups is 1. The second-order valence-electron chi connectivity index (χ2n) is 3.89. The first kappa shape index (κ1) is 16.3. The van der Waals surface area contributed by atoms with Crippen LogP contribution in [0.25, 0.3) is 0 Å². The molecule has 9 heteroatoms. The van der Waals surface area contributed by atoms with Gasteiger partial charge in [-0.2, -0.15) is 0 Å². The van der Waals surface area contributed by atoms with Crippen LogP contribution in [-0.4, -0.2) is 36.2 Å². The number of aliphatic carboxylic acids is 1. The highest BCUT2D eigenvalue weighted by Crippen LogP contribution is 2.14. The molecule has 0 aliphatic carbocycles. The van der Waals surface area contributed by atoms with Gasteiger partial charge in [0.15, 0.2) is 0 Å². The first-order valence-corrected chi connectivity index (χ1v) is 5.65. The van der Waals surface area contributed by atoms with E-state index in [4.69, 9.17) is 5.11 Å². The lowest BCUT2D eigenvalue weighted by Crippen LogP contribution is -2.44. The molecule has 0 aliphatic heterocycles. The molecular weight excluding hydrogens is 290 g/mol. The van der Waals surface area contributed by atoms with E-state index in [1.165, 1.54) is 0 Å². The lowest BCUT2D eigenvalue weighted by Gasteiger charge is -2.14. The molecule has 7 nitrogen and oxygen atoms in total. The van der Waals surface area contributed by atoms with Gasteiger partial charge >= 0.3 is 18.0 Å². The van der Waals surface area contributed by atoms with Crippen LogP contribution in [0.5, 0.6) is 0 Å². The summed E-state index contributed by atoms with van der Waals surface area (Å²) in [4.78, 5) is 33.4. The van der Waals surface area contributed by atoms with Gasteiger partial charge in [-0.1, -0.05) is 0 Å². The van der Waals surface area contributed by atoms with E-state index < -0.39 is 42.1 Å². The van der Waals surface area contributed by atoms with Crippen molar-refractivity contribution in [3.05, 3.63) is 29.8 Å². The van der Waals surface area contributed by atoms with Crippen molar-refractivity contribution in [1.29, 1.82) is 0 Å². The fourth-order valence-electron chi connectivity index (χ4n) is 1.36. The third kappa shape index (κ3) is 5.05. The molecular formula is C12H12F2N2O5. The fourth-order valence-corrected chi connectivity index (χ4v) is 1.36. The Kier molecular flexibility index (Phi) is 5.58. The molecule has 21 heavy (non-hydrogen) atoms. The zero-order valence-electron chi connectivity index (χ0n) is 10.9. The maximum atomic E-state index is 13.3. The molecule has 114 valence electrons. The van der Waals surface area contributed by atoms with E-state index in [0.29, 0.717) is 6.07 Å². The largest absolute Gasteiger partial charge is 0.480 e. The molecule has 0 fully saturated rings. The first-order chi connectivity index (χ1) is 9.83. The third-order valence-electron chi connectivity index (χ3n) is 2.38. The molecule has 0 unspecified atom stereocenters. The van der Waals surface area contributed by atoms with Gasteiger partial charge in [0.2, 0.25) is 0 Å². The van der Waals surface area contributed by atoms with E-state index in [0.717, 1.165) is 19.2 Å². The van der Waals surface area contributed by atoms with Crippen LogP contribution in [0.1, 0.15) is 6.42 Å². The van der Waals surface area contributed by atoms with E-state index in [9.17, 15) is 23.2 Å². The summed E-state index contributed by atoms with van der Waals surface area (Å²) in [7, 11) is 1.06. The van der Waals surface area contributed by atoms with Crippen LogP contribution in [-0.2, 0) is 14.3 Å². The Labute approximate surface area is 117 Å². The quantitative estimate of drug-likeness (QED) is 0.706. The molecule has 0 heterocycles. The maximum absolute atomic E-state index is 13.3. The minimum Gasteiger partial charge on any atom is -0.480 e. The summed E-state index contributed by atoms with van der Waals surface area (Å²) in [6, 6.07) is -0.154. The van der Waals surface area contributed by atoms with Crippen molar-refractivity contribution in [3.8, 4) is 0 Å². The monoisotopic (exact) mass is 302 g/mol. The number of ether oxygens (including phenoxy) is 1. The van der Waals surface area contributed by atoms with Gasteiger partial charge in [0, 0.05) is 6.07 Å². The number of halogens is 2. The molecule has 0 aliphatic rings. The predicted octanol–water partition coefficient (Wildman–Crippen LogP) is 1.10. The second-order valence-corrected chi connectivity index (χ2v) is 3.89. The number of rotatable bonds is 5. The van der Waals surface area contributed by atoms with Gasteiger partial charge in [0.25, 0.3) is 0 Å².